The van der Waals surface area contributed by atoms with Gasteiger partial charge in [-0.3, -0.25) is 9.52 Å². The predicted octanol–water partition coefficient (Wildman–Crippen LogP) is 3.08. The highest BCUT2D eigenvalue weighted by molar-refractivity contribution is 7.92. The average molecular weight is 377 g/mol. The van der Waals surface area contributed by atoms with Gasteiger partial charge < -0.3 is 10.4 Å². The van der Waals surface area contributed by atoms with Crippen LogP contribution in [0.1, 0.15) is 6.92 Å². The maximum absolute atomic E-state index is 13.3. The molecule has 2 aromatic rings. The predicted molar refractivity (Wildman–Crippen MR) is 84.6 cm³/mol. The summed E-state index contributed by atoms with van der Waals surface area (Å²) in [4.78, 5) is 10.1. The maximum Gasteiger partial charge on any atom is 0.265 e. The number of benzene rings is 2. The molecule has 2 rings (SSSR count). The minimum atomic E-state index is -4.53. The van der Waals surface area contributed by atoms with E-state index < -0.39 is 38.2 Å². The fourth-order valence-corrected chi connectivity index (χ4v) is 3.24. The van der Waals surface area contributed by atoms with Crippen LogP contribution >= 0.6 is 11.6 Å². The molecule has 0 aliphatic carbocycles. The molecule has 0 radical (unpaired) electrons. The van der Waals surface area contributed by atoms with Gasteiger partial charge in [-0.1, -0.05) is 11.6 Å². The second-order valence-electron chi connectivity index (χ2n) is 4.72. The lowest BCUT2D eigenvalue weighted by Crippen LogP contribution is -2.15. The minimum absolute atomic E-state index is 0.0240. The number of phenols is 1. The van der Waals surface area contributed by atoms with E-state index in [0.717, 1.165) is 0 Å². The SMILES string of the molecule is CC(=O)Nc1ccc(Cl)c(NS(=O)(=O)c2cc(F)cc(F)c2O)c1. The van der Waals surface area contributed by atoms with E-state index in [1.807, 2.05) is 4.72 Å². The van der Waals surface area contributed by atoms with Gasteiger partial charge in [0.15, 0.2) is 11.6 Å². The number of amides is 1. The Morgan fingerprint density at radius 3 is 2.50 bits per heavy atom. The first kappa shape index (κ1) is 18.0. The standard InChI is InChI=1S/C14H11ClF2N2O4S/c1-7(20)18-9-2-3-10(15)12(6-9)19-24(22,23)13-5-8(16)4-11(17)14(13)21/h2-6,19,21H,1H3,(H,18,20). The number of sulfonamides is 1. The molecule has 10 heteroatoms. The molecule has 0 unspecified atom stereocenters. The smallest absolute Gasteiger partial charge is 0.265 e. The summed E-state index contributed by atoms with van der Waals surface area (Å²) >= 11 is 5.88. The highest BCUT2D eigenvalue weighted by Crippen LogP contribution is 2.32. The summed E-state index contributed by atoms with van der Waals surface area (Å²) in [5.74, 6) is -4.22. The zero-order valence-electron chi connectivity index (χ0n) is 12.1. The molecule has 3 N–H and O–H groups in total. The Kier molecular flexibility index (Phi) is 4.95. The van der Waals surface area contributed by atoms with Gasteiger partial charge in [0.2, 0.25) is 5.91 Å². The van der Waals surface area contributed by atoms with Crippen LogP contribution in [0, 0.1) is 11.6 Å². The third kappa shape index (κ3) is 3.92. The quantitative estimate of drug-likeness (QED) is 0.764. The summed E-state index contributed by atoms with van der Waals surface area (Å²) in [5, 5.41) is 11.9. The van der Waals surface area contributed by atoms with E-state index in [4.69, 9.17) is 11.6 Å². The van der Waals surface area contributed by atoms with Crippen LogP contribution in [0.15, 0.2) is 35.2 Å². The molecule has 6 nitrogen and oxygen atoms in total. The molecule has 0 spiro atoms. The molecule has 0 aliphatic heterocycles. The third-order valence-corrected chi connectivity index (χ3v) is 4.52. The van der Waals surface area contributed by atoms with Gasteiger partial charge in [0.05, 0.1) is 10.7 Å². The number of carbonyl (C=O) groups is 1. The van der Waals surface area contributed by atoms with Crippen LogP contribution < -0.4 is 10.0 Å². The lowest BCUT2D eigenvalue weighted by Gasteiger charge is -2.13. The van der Waals surface area contributed by atoms with Crippen molar-refractivity contribution in [3.05, 3.63) is 47.0 Å². The van der Waals surface area contributed by atoms with Gasteiger partial charge >= 0.3 is 0 Å². The van der Waals surface area contributed by atoms with Crippen molar-refractivity contribution in [3.8, 4) is 5.75 Å². The van der Waals surface area contributed by atoms with Crippen molar-refractivity contribution in [1.29, 1.82) is 0 Å². The fraction of sp³-hybridized carbons (Fsp3) is 0.0714. The monoisotopic (exact) mass is 376 g/mol. The molecule has 0 saturated carbocycles. The molecule has 0 bridgehead atoms. The van der Waals surface area contributed by atoms with E-state index in [1.54, 1.807) is 0 Å². The zero-order chi connectivity index (χ0) is 18.1. The van der Waals surface area contributed by atoms with Crippen molar-refractivity contribution in [2.24, 2.45) is 0 Å². The highest BCUT2D eigenvalue weighted by atomic mass is 35.5. The zero-order valence-corrected chi connectivity index (χ0v) is 13.7. The number of anilines is 2. The summed E-state index contributed by atoms with van der Waals surface area (Å²) in [5.41, 5.74) is 0.103. The molecule has 2 aromatic carbocycles. The Labute approximate surface area is 141 Å². The molecule has 0 aliphatic rings. The van der Waals surface area contributed by atoms with Crippen molar-refractivity contribution >= 4 is 38.9 Å². The average Bonchev–Trinajstić information content (AvgIpc) is 2.45. The van der Waals surface area contributed by atoms with Crippen LogP contribution in [0.25, 0.3) is 0 Å². The molecule has 128 valence electrons. The summed E-state index contributed by atoms with van der Waals surface area (Å²) in [6.45, 7) is 1.26. The van der Waals surface area contributed by atoms with Crippen LogP contribution in [-0.4, -0.2) is 19.4 Å². The number of carbonyl (C=O) groups excluding carboxylic acids is 1. The molecule has 0 atom stereocenters. The van der Waals surface area contributed by atoms with Gasteiger partial charge in [0, 0.05) is 18.7 Å². The molecule has 24 heavy (non-hydrogen) atoms. The minimum Gasteiger partial charge on any atom is -0.504 e. The molecular weight excluding hydrogens is 366 g/mol. The number of phenolic OH excluding ortho intramolecular Hbond substituents is 1. The number of rotatable bonds is 4. The van der Waals surface area contributed by atoms with E-state index in [1.165, 1.54) is 25.1 Å². The van der Waals surface area contributed by atoms with E-state index >= 15 is 0 Å². The summed E-state index contributed by atoms with van der Waals surface area (Å²) in [6, 6.07) is 4.77. The summed E-state index contributed by atoms with van der Waals surface area (Å²) in [6.07, 6.45) is 0. The first-order valence-electron chi connectivity index (χ1n) is 6.38. The molecule has 1 amide bonds. The maximum atomic E-state index is 13.3. The summed E-state index contributed by atoms with van der Waals surface area (Å²) in [7, 11) is -4.53. The van der Waals surface area contributed by atoms with Crippen LogP contribution in [0.2, 0.25) is 5.02 Å². The largest absolute Gasteiger partial charge is 0.504 e. The van der Waals surface area contributed by atoms with Crippen molar-refractivity contribution < 1.29 is 27.1 Å². The van der Waals surface area contributed by atoms with Crippen LogP contribution in [0.3, 0.4) is 0 Å². The molecular formula is C14H11ClF2N2O4S. The number of hydrogen-bond donors (Lipinski definition) is 3. The fourth-order valence-electron chi connectivity index (χ4n) is 1.83. The van der Waals surface area contributed by atoms with Crippen molar-refractivity contribution in [2.45, 2.75) is 11.8 Å². The second-order valence-corrected chi connectivity index (χ2v) is 6.77. The number of aromatic hydroxyl groups is 1. The van der Waals surface area contributed by atoms with E-state index in [0.29, 0.717) is 12.1 Å². The van der Waals surface area contributed by atoms with Crippen LogP contribution in [-0.2, 0) is 14.8 Å². The van der Waals surface area contributed by atoms with Gasteiger partial charge in [-0.05, 0) is 24.3 Å². The second kappa shape index (κ2) is 6.62. The normalized spacial score (nSPS) is 11.2. The van der Waals surface area contributed by atoms with Crippen molar-refractivity contribution in [2.75, 3.05) is 10.0 Å². The first-order chi connectivity index (χ1) is 11.1. The van der Waals surface area contributed by atoms with E-state index in [-0.39, 0.29) is 16.4 Å². The summed E-state index contributed by atoms with van der Waals surface area (Å²) < 4.78 is 53.1. The Bertz CT molecular complexity index is 919. The van der Waals surface area contributed by atoms with E-state index in [9.17, 15) is 27.1 Å². The number of hydrogen-bond acceptors (Lipinski definition) is 4. The van der Waals surface area contributed by atoms with Crippen molar-refractivity contribution in [1.82, 2.24) is 0 Å². The Morgan fingerprint density at radius 1 is 1.21 bits per heavy atom. The number of halogens is 3. The lowest BCUT2D eigenvalue weighted by molar-refractivity contribution is -0.114. The molecule has 0 heterocycles. The van der Waals surface area contributed by atoms with Gasteiger partial charge in [-0.2, -0.15) is 0 Å². The first-order valence-corrected chi connectivity index (χ1v) is 8.24. The number of nitrogens with one attached hydrogen (secondary N) is 2. The Hall–Kier alpha value is -2.39. The van der Waals surface area contributed by atoms with Crippen LogP contribution in [0.4, 0.5) is 20.2 Å². The van der Waals surface area contributed by atoms with Gasteiger partial charge in [-0.15, -0.1) is 0 Å². The lowest BCUT2D eigenvalue weighted by atomic mass is 10.3. The van der Waals surface area contributed by atoms with Gasteiger partial charge in [-0.25, -0.2) is 17.2 Å². The topological polar surface area (TPSA) is 95.5 Å². The van der Waals surface area contributed by atoms with E-state index in [2.05, 4.69) is 5.32 Å². The molecule has 0 fully saturated rings. The van der Waals surface area contributed by atoms with Crippen molar-refractivity contribution in [3.63, 3.8) is 0 Å². The van der Waals surface area contributed by atoms with Crippen LogP contribution in [0.5, 0.6) is 5.75 Å². The van der Waals surface area contributed by atoms with Gasteiger partial charge in [0.1, 0.15) is 10.7 Å². The highest BCUT2D eigenvalue weighted by Gasteiger charge is 2.24. The molecule has 0 saturated heterocycles. The molecule has 0 aromatic heterocycles. The third-order valence-electron chi connectivity index (χ3n) is 2.81. The Morgan fingerprint density at radius 2 is 1.88 bits per heavy atom. The van der Waals surface area contributed by atoms with Gasteiger partial charge in [0.25, 0.3) is 10.0 Å². The Balaban J connectivity index is 2.45.